The largest absolute Gasteiger partial charge is 0.326 e. The van der Waals surface area contributed by atoms with Gasteiger partial charge in [0.25, 0.3) is 5.91 Å². The summed E-state index contributed by atoms with van der Waals surface area (Å²) in [5.74, 6) is -0.246. The number of rotatable bonds is 4. The van der Waals surface area contributed by atoms with E-state index in [1.807, 2.05) is 6.92 Å². The van der Waals surface area contributed by atoms with Gasteiger partial charge in [0, 0.05) is 0 Å². The number of pyridine rings is 1. The average Bonchev–Trinajstić information content (AvgIpc) is 2.62. The molecule has 7 heteroatoms. The molecule has 1 saturated heterocycles. The fourth-order valence-electron chi connectivity index (χ4n) is 1.93. The minimum Gasteiger partial charge on any atom is -0.326 e. The van der Waals surface area contributed by atoms with Crippen molar-refractivity contribution in [2.24, 2.45) is 0 Å². The molecule has 5 nitrogen and oxygen atoms in total. The Morgan fingerprint density at radius 3 is 2.79 bits per heavy atom. The molecule has 0 saturated carbocycles. The molecule has 0 bridgehead atoms. The Labute approximate surface area is 120 Å². The van der Waals surface area contributed by atoms with Crippen LogP contribution >= 0.6 is 23.2 Å². The number of urea groups is 1. The molecule has 1 aliphatic rings. The van der Waals surface area contributed by atoms with Gasteiger partial charge in [-0.05, 0) is 18.6 Å². The molecular weight excluding hydrogens is 289 g/mol. The molecule has 0 aliphatic carbocycles. The molecule has 1 atom stereocenters. The Morgan fingerprint density at radius 2 is 2.11 bits per heavy atom. The second-order valence-corrected chi connectivity index (χ2v) is 5.07. The van der Waals surface area contributed by atoms with Crippen molar-refractivity contribution >= 4 is 35.1 Å². The van der Waals surface area contributed by atoms with E-state index in [0.29, 0.717) is 17.1 Å². The molecule has 1 N–H and O–H groups in total. The number of halogens is 2. The molecule has 1 aliphatic heterocycles. The number of carbonyl (C=O) groups is 2. The molecule has 1 aromatic heterocycles. The smallest absolute Gasteiger partial charge is 0.325 e. The summed E-state index contributed by atoms with van der Waals surface area (Å²) in [4.78, 5) is 29.0. The first-order valence-corrected chi connectivity index (χ1v) is 6.71. The number of carbonyl (C=O) groups excluding carboxylic acids is 2. The zero-order chi connectivity index (χ0) is 14.0. The van der Waals surface area contributed by atoms with Crippen LogP contribution in [0.2, 0.25) is 10.2 Å². The second kappa shape index (κ2) is 5.75. The van der Waals surface area contributed by atoms with Crippen LogP contribution in [0.25, 0.3) is 0 Å². The standard InChI is InChI=1S/C12H13Cl2N3O2/c1-2-3-8-11(18)17(12(19)16-8)6-9-7(13)4-5-10(14)15-9/h4-5,8H,2-3,6H2,1H3,(H,16,19). The Kier molecular flexibility index (Phi) is 4.27. The average molecular weight is 302 g/mol. The first-order chi connectivity index (χ1) is 9.02. The van der Waals surface area contributed by atoms with Gasteiger partial charge < -0.3 is 5.32 Å². The molecule has 0 aromatic carbocycles. The van der Waals surface area contributed by atoms with Crippen molar-refractivity contribution in [1.29, 1.82) is 0 Å². The topological polar surface area (TPSA) is 62.3 Å². The van der Waals surface area contributed by atoms with Crippen LogP contribution in [-0.2, 0) is 11.3 Å². The van der Waals surface area contributed by atoms with Gasteiger partial charge in [-0.15, -0.1) is 0 Å². The lowest BCUT2D eigenvalue weighted by Gasteiger charge is -2.13. The van der Waals surface area contributed by atoms with E-state index in [1.54, 1.807) is 12.1 Å². The van der Waals surface area contributed by atoms with Crippen LogP contribution in [0.4, 0.5) is 4.79 Å². The molecule has 0 radical (unpaired) electrons. The number of hydrogen-bond acceptors (Lipinski definition) is 3. The van der Waals surface area contributed by atoms with Crippen molar-refractivity contribution in [1.82, 2.24) is 15.2 Å². The van der Waals surface area contributed by atoms with Crippen LogP contribution in [0.5, 0.6) is 0 Å². The van der Waals surface area contributed by atoms with Crippen molar-refractivity contribution in [3.8, 4) is 0 Å². The van der Waals surface area contributed by atoms with Gasteiger partial charge in [0.05, 0.1) is 17.3 Å². The highest BCUT2D eigenvalue weighted by Gasteiger charge is 2.37. The highest BCUT2D eigenvalue weighted by Crippen LogP contribution is 2.21. The quantitative estimate of drug-likeness (QED) is 0.687. The molecule has 2 heterocycles. The van der Waals surface area contributed by atoms with E-state index in [9.17, 15) is 9.59 Å². The molecule has 1 fully saturated rings. The van der Waals surface area contributed by atoms with E-state index in [-0.39, 0.29) is 17.6 Å². The summed E-state index contributed by atoms with van der Waals surface area (Å²) in [7, 11) is 0. The molecule has 1 unspecified atom stereocenters. The van der Waals surface area contributed by atoms with Gasteiger partial charge in [0.15, 0.2) is 0 Å². The monoisotopic (exact) mass is 301 g/mol. The fourth-order valence-corrected chi connectivity index (χ4v) is 2.26. The maximum atomic E-state index is 12.0. The van der Waals surface area contributed by atoms with Crippen LogP contribution in [-0.4, -0.2) is 27.9 Å². The summed E-state index contributed by atoms with van der Waals surface area (Å²) in [6, 6.07) is 2.28. The van der Waals surface area contributed by atoms with Crippen LogP contribution in [0.1, 0.15) is 25.5 Å². The third-order valence-electron chi connectivity index (χ3n) is 2.88. The van der Waals surface area contributed by atoms with Crippen molar-refractivity contribution in [3.63, 3.8) is 0 Å². The summed E-state index contributed by atoms with van der Waals surface area (Å²) >= 11 is 11.8. The third-order valence-corrected chi connectivity index (χ3v) is 3.43. The van der Waals surface area contributed by atoms with E-state index in [4.69, 9.17) is 23.2 Å². The van der Waals surface area contributed by atoms with Crippen molar-refractivity contribution in [2.75, 3.05) is 0 Å². The number of amides is 3. The number of hydrogen-bond donors (Lipinski definition) is 1. The van der Waals surface area contributed by atoms with Gasteiger partial charge in [-0.3, -0.25) is 9.69 Å². The zero-order valence-corrected chi connectivity index (χ0v) is 11.8. The SMILES string of the molecule is CCCC1NC(=O)N(Cc2nc(Cl)ccc2Cl)C1=O. The van der Waals surface area contributed by atoms with Crippen molar-refractivity contribution in [3.05, 3.63) is 28.0 Å². The predicted molar refractivity (Wildman–Crippen MR) is 72.0 cm³/mol. The summed E-state index contributed by atoms with van der Waals surface area (Å²) in [5.41, 5.74) is 0.412. The number of nitrogens with zero attached hydrogens (tertiary/aromatic N) is 2. The minimum atomic E-state index is -0.449. The molecule has 3 amide bonds. The minimum absolute atomic E-state index is 0.0320. The number of aromatic nitrogens is 1. The van der Waals surface area contributed by atoms with Gasteiger partial charge in [-0.2, -0.15) is 0 Å². The van der Waals surface area contributed by atoms with Gasteiger partial charge >= 0.3 is 6.03 Å². The van der Waals surface area contributed by atoms with Gasteiger partial charge in [0.1, 0.15) is 11.2 Å². The lowest BCUT2D eigenvalue weighted by molar-refractivity contribution is -0.128. The lowest BCUT2D eigenvalue weighted by Crippen LogP contribution is -2.31. The van der Waals surface area contributed by atoms with Crippen molar-refractivity contribution < 1.29 is 9.59 Å². The van der Waals surface area contributed by atoms with Crippen LogP contribution in [0.15, 0.2) is 12.1 Å². The zero-order valence-electron chi connectivity index (χ0n) is 10.3. The first-order valence-electron chi connectivity index (χ1n) is 5.95. The van der Waals surface area contributed by atoms with Gasteiger partial charge in [-0.25, -0.2) is 9.78 Å². The Balaban J connectivity index is 2.17. The Morgan fingerprint density at radius 1 is 1.37 bits per heavy atom. The maximum absolute atomic E-state index is 12.0. The van der Waals surface area contributed by atoms with E-state index in [0.717, 1.165) is 11.3 Å². The summed E-state index contributed by atoms with van der Waals surface area (Å²) in [6.45, 7) is 1.99. The van der Waals surface area contributed by atoms with E-state index < -0.39 is 12.1 Å². The molecular formula is C12H13Cl2N3O2. The van der Waals surface area contributed by atoms with E-state index in [1.165, 1.54) is 0 Å². The van der Waals surface area contributed by atoms with E-state index >= 15 is 0 Å². The molecule has 102 valence electrons. The number of nitrogens with one attached hydrogen (secondary N) is 1. The highest BCUT2D eigenvalue weighted by atomic mass is 35.5. The second-order valence-electron chi connectivity index (χ2n) is 4.28. The Hall–Kier alpha value is -1.33. The molecule has 1 aromatic rings. The Bertz CT molecular complexity index is 522. The van der Waals surface area contributed by atoms with Crippen LogP contribution in [0.3, 0.4) is 0 Å². The van der Waals surface area contributed by atoms with Crippen LogP contribution in [0, 0.1) is 0 Å². The highest BCUT2D eigenvalue weighted by molar-refractivity contribution is 6.32. The normalized spacial score (nSPS) is 18.9. The molecule has 0 spiro atoms. The fraction of sp³-hybridized carbons (Fsp3) is 0.417. The van der Waals surface area contributed by atoms with E-state index in [2.05, 4.69) is 10.3 Å². The maximum Gasteiger partial charge on any atom is 0.325 e. The van der Waals surface area contributed by atoms with Gasteiger partial charge in [-0.1, -0.05) is 36.5 Å². The molecule has 2 rings (SSSR count). The summed E-state index contributed by atoms with van der Waals surface area (Å²) in [6.07, 6.45) is 1.44. The summed E-state index contributed by atoms with van der Waals surface area (Å²) in [5, 5.41) is 3.30. The van der Waals surface area contributed by atoms with Gasteiger partial charge in [0.2, 0.25) is 0 Å². The first kappa shape index (κ1) is 14.1. The predicted octanol–water partition coefficient (Wildman–Crippen LogP) is 2.61. The van der Waals surface area contributed by atoms with Crippen LogP contribution < -0.4 is 5.32 Å². The third kappa shape index (κ3) is 2.98. The van der Waals surface area contributed by atoms with Crippen molar-refractivity contribution in [2.45, 2.75) is 32.4 Å². The molecule has 19 heavy (non-hydrogen) atoms. The number of imide groups is 1. The lowest BCUT2D eigenvalue weighted by atomic mass is 10.1. The summed E-state index contributed by atoms with van der Waals surface area (Å²) < 4.78 is 0.